The molecule has 0 saturated carbocycles. The molecule has 0 bridgehead atoms. The summed E-state index contributed by atoms with van der Waals surface area (Å²) >= 11 is 0. The van der Waals surface area contributed by atoms with E-state index in [0.717, 1.165) is 58.4 Å². The van der Waals surface area contributed by atoms with Crippen molar-refractivity contribution in [3.63, 3.8) is 0 Å². The van der Waals surface area contributed by atoms with Gasteiger partial charge in [-0.1, -0.05) is 0 Å². The number of rotatable bonds is 2. The molecule has 2 aliphatic heterocycles. The van der Waals surface area contributed by atoms with Gasteiger partial charge < -0.3 is 10.2 Å². The predicted molar refractivity (Wildman–Crippen MR) is 75.4 cm³/mol. The van der Waals surface area contributed by atoms with Gasteiger partial charge in [0.1, 0.15) is 0 Å². The second kappa shape index (κ2) is 7.00. The van der Waals surface area contributed by atoms with Crippen LogP contribution in [0.25, 0.3) is 0 Å². The topological polar surface area (TPSA) is 39.1 Å². The van der Waals surface area contributed by atoms with Crippen molar-refractivity contribution in [3.8, 4) is 18.4 Å². The highest BCUT2D eigenvalue weighted by atomic mass is 35.5. The largest absolute Gasteiger partial charge is 0.317 e. The van der Waals surface area contributed by atoms with Crippen molar-refractivity contribution in [2.75, 3.05) is 32.7 Å². The molecule has 2 heterocycles. The van der Waals surface area contributed by atoms with Crippen LogP contribution >= 0.6 is 12.4 Å². The molecular formula is C14H22ClN3. The molecule has 100 valence electrons. The first kappa shape index (κ1) is 15.3. The van der Waals surface area contributed by atoms with Crippen molar-refractivity contribution in [2.24, 2.45) is 11.3 Å². The summed E-state index contributed by atoms with van der Waals surface area (Å²) in [7, 11) is 0. The molecule has 0 spiro atoms. The van der Waals surface area contributed by atoms with Crippen LogP contribution in [0.4, 0.5) is 0 Å². The summed E-state index contributed by atoms with van der Waals surface area (Å²) in [6.07, 6.45) is 9.61. The van der Waals surface area contributed by atoms with Gasteiger partial charge in [0.05, 0.1) is 11.5 Å². The average Bonchev–Trinajstić information content (AvgIpc) is 2.41. The lowest BCUT2D eigenvalue weighted by molar-refractivity contribution is 0.128. The van der Waals surface area contributed by atoms with E-state index >= 15 is 0 Å². The average molecular weight is 268 g/mol. The molecule has 4 heteroatoms. The van der Waals surface area contributed by atoms with E-state index in [1.54, 1.807) is 0 Å². The van der Waals surface area contributed by atoms with Crippen LogP contribution in [0.15, 0.2) is 0 Å². The molecule has 0 aromatic heterocycles. The van der Waals surface area contributed by atoms with Crippen molar-refractivity contribution in [1.82, 2.24) is 10.2 Å². The minimum Gasteiger partial charge on any atom is -0.317 e. The summed E-state index contributed by atoms with van der Waals surface area (Å²) in [5.41, 5.74) is -0.117. The lowest BCUT2D eigenvalue weighted by Gasteiger charge is -2.38. The molecule has 1 N–H and O–H groups in total. The molecule has 0 aromatic carbocycles. The van der Waals surface area contributed by atoms with Gasteiger partial charge in [-0.05, 0) is 51.9 Å². The summed E-state index contributed by atoms with van der Waals surface area (Å²) in [4.78, 5) is 2.43. The standard InChI is InChI=1S/C14H21N3.ClH/c1-2-13-3-9-17(10-4-13)12-14(11-15)5-7-16-8-6-14;/h1,13,16H,3-10,12H2;1H. The van der Waals surface area contributed by atoms with E-state index in [0.29, 0.717) is 5.92 Å². The first-order valence-corrected chi connectivity index (χ1v) is 6.58. The van der Waals surface area contributed by atoms with Gasteiger partial charge in [0.25, 0.3) is 0 Å². The summed E-state index contributed by atoms with van der Waals surface area (Å²) < 4.78 is 0. The van der Waals surface area contributed by atoms with E-state index in [4.69, 9.17) is 6.42 Å². The number of piperidine rings is 2. The van der Waals surface area contributed by atoms with Crippen LogP contribution in [0.2, 0.25) is 0 Å². The summed E-state index contributed by atoms with van der Waals surface area (Å²) in [5.74, 6) is 3.31. The normalized spacial score (nSPS) is 24.6. The first-order valence-electron chi connectivity index (χ1n) is 6.58. The second-order valence-corrected chi connectivity index (χ2v) is 5.36. The number of terminal acetylenes is 1. The van der Waals surface area contributed by atoms with E-state index < -0.39 is 0 Å². The number of nitrogens with one attached hydrogen (secondary N) is 1. The molecule has 0 unspecified atom stereocenters. The molecule has 18 heavy (non-hydrogen) atoms. The Morgan fingerprint density at radius 2 is 1.89 bits per heavy atom. The fraction of sp³-hybridized carbons (Fsp3) is 0.786. The Hall–Kier alpha value is -0.740. The number of hydrogen-bond acceptors (Lipinski definition) is 3. The van der Waals surface area contributed by atoms with Crippen LogP contribution in [-0.4, -0.2) is 37.6 Å². The quantitative estimate of drug-likeness (QED) is 0.774. The van der Waals surface area contributed by atoms with E-state index in [1.165, 1.54) is 0 Å². The van der Waals surface area contributed by atoms with E-state index in [9.17, 15) is 5.26 Å². The Balaban J connectivity index is 0.00000162. The Morgan fingerprint density at radius 1 is 1.28 bits per heavy atom. The highest BCUT2D eigenvalue weighted by molar-refractivity contribution is 5.85. The van der Waals surface area contributed by atoms with Gasteiger partial charge in [0.2, 0.25) is 0 Å². The van der Waals surface area contributed by atoms with Crippen molar-refractivity contribution in [3.05, 3.63) is 0 Å². The minimum atomic E-state index is -0.117. The molecule has 3 nitrogen and oxygen atoms in total. The Bertz CT molecular complexity index is 328. The summed E-state index contributed by atoms with van der Waals surface area (Å²) in [6, 6.07) is 2.57. The van der Waals surface area contributed by atoms with Crippen LogP contribution in [0, 0.1) is 35.0 Å². The number of hydrogen-bond donors (Lipinski definition) is 1. The number of likely N-dealkylation sites (tertiary alicyclic amines) is 1. The number of nitrogens with zero attached hydrogens (tertiary/aromatic N) is 2. The van der Waals surface area contributed by atoms with Gasteiger partial charge in [-0.2, -0.15) is 5.26 Å². The van der Waals surface area contributed by atoms with Crippen molar-refractivity contribution >= 4 is 12.4 Å². The number of nitriles is 1. The molecule has 2 aliphatic rings. The summed E-state index contributed by atoms with van der Waals surface area (Å²) in [5, 5.41) is 12.8. The second-order valence-electron chi connectivity index (χ2n) is 5.36. The van der Waals surface area contributed by atoms with E-state index in [1.807, 2.05) is 0 Å². The number of halogens is 1. The Morgan fingerprint density at radius 3 is 2.39 bits per heavy atom. The molecule has 0 atom stereocenters. The third-order valence-electron chi connectivity index (χ3n) is 4.15. The fourth-order valence-corrected chi connectivity index (χ4v) is 2.90. The monoisotopic (exact) mass is 267 g/mol. The third-order valence-corrected chi connectivity index (χ3v) is 4.15. The molecule has 2 fully saturated rings. The zero-order valence-electron chi connectivity index (χ0n) is 10.8. The first-order chi connectivity index (χ1) is 8.28. The van der Waals surface area contributed by atoms with Gasteiger partial charge in [-0.25, -0.2) is 0 Å². The van der Waals surface area contributed by atoms with Crippen LogP contribution in [-0.2, 0) is 0 Å². The maximum absolute atomic E-state index is 9.43. The Kier molecular flexibility index (Phi) is 5.96. The molecule has 2 rings (SSSR count). The van der Waals surface area contributed by atoms with E-state index in [2.05, 4.69) is 22.2 Å². The summed E-state index contributed by atoms with van der Waals surface area (Å²) in [6.45, 7) is 5.02. The zero-order chi connectivity index (χ0) is 12.1. The maximum Gasteiger partial charge on any atom is 0.0724 e. The van der Waals surface area contributed by atoms with Gasteiger partial charge in [-0.3, -0.25) is 0 Å². The highest BCUT2D eigenvalue weighted by Crippen LogP contribution is 2.30. The smallest absolute Gasteiger partial charge is 0.0724 e. The molecule has 2 saturated heterocycles. The van der Waals surface area contributed by atoms with Crippen molar-refractivity contribution in [1.29, 1.82) is 5.26 Å². The van der Waals surface area contributed by atoms with Crippen LogP contribution in [0.1, 0.15) is 25.7 Å². The van der Waals surface area contributed by atoms with Gasteiger partial charge >= 0.3 is 0 Å². The predicted octanol–water partition coefficient (Wildman–Crippen LogP) is 1.65. The molecular weight excluding hydrogens is 246 g/mol. The molecule has 0 aromatic rings. The van der Waals surface area contributed by atoms with Crippen LogP contribution in [0.3, 0.4) is 0 Å². The van der Waals surface area contributed by atoms with Crippen molar-refractivity contribution < 1.29 is 0 Å². The minimum absolute atomic E-state index is 0. The van der Waals surface area contributed by atoms with Gasteiger partial charge in [-0.15, -0.1) is 24.8 Å². The lowest BCUT2D eigenvalue weighted by atomic mass is 9.79. The van der Waals surface area contributed by atoms with Gasteiger partial charge in [0.15, 0.2) is 0 Å². The van der Waals surface area contributed by atoms with Gasteiger partial charge in [0, 0.05) is 12.5 Å². The maximum atomic E-state index is 9.43. The van der Waals surface area contributed by atoms with E-state index in [-0.39, 0.29) is 17.8 Å². The highest BCUT2D eigenvalue weighted by Gasteiger charge is 2.34. The fourth-order valence-electron chi connectivity index (χ4n) is 2.90. The third kappa shape index (κ3) is 3.62. The lowest BCUT2D eigenvalue weighted by Crippen LogP contribution is -2.46. The Labute approximate surface area is 116 Å². The van der Waals surface area contributed by atoms with Crippen LogP contribution < -0.4 is 5.32 Å². The molecule has 0 aliphatic carbocycles. The molecule has 0 amide bonds. The van der Waals surface area contributed by atoms with Crippen molar-refractivity contribution in [2.45, 2.75) is 25.7 Å². The van der Waals surface area contributed by atoms with Crippen LogP contribution in [0.5, 0.6) is 0 Å². The zero-order valence-corrected chi connectivity index (χ0v) is 11.6. The molecule has 0 radical (unpaired) electrons. The SMILES string of the molecule is C#CC1CCN(CC2(C#N)CCNCC2)CC1.Cl.